The number of carbonyl (C=O) groups is 2. The fraction of sp³-hybridized carbons (Fsp3) is 0.222. The zero-order valence-electron chi connectivity index (χ0n) is 13.7. The summed E-state index contributed by atoms with van der Waals surface area (Å²) in [5.41, 5.74) is 2.88. The van der Waals surface area contributed by atoms with Gasteiger partial charge in [-0.15, -0.1) is 0 Å². The Balaban J connectivity index is 2.35. The largest absolute Gasteiger partial charge is 0.467 e. The molecule has 5 nitrogen and oxygen atoms in total. The van der Waals surface area contributed by atoms with Gasteiger partial charge in [0.15, 0.2) is 6.04 Å². The minimum absolute atomic E-state index is 0.161. The molecule has 0 bridgehead atoms. The normalized spacial score (nSPS) is 11.5. The molecule has 0 aromatic heterocycles. The van der Waals surface area contributed by atoms with Crippen LogP contribution in [-0.4, -0.2) is 19.0 Å². The van der Waals surface area contributed by atoms with E-state index in [9.17, 15) is 9.59 Å². The Morgan fingerprint density at radius 2 is 1.88 bits per heavy atom. The number of esters is 1. The maximum Gasteiger partial charge on any atom is 0.333 e. The number of methoxy groups -OCH3 is 1. The second-order valence-electron chi connectivity index (χ2n) is 5.33. The van der Waals surface area contributed by atoms with Crippen LogP contribution in [0.4, 0.5) is 11.4 Å². The smallest absolute Gasteiger partial charge is 0.333 e. The van der Waals surface area contributed by atoms with E-state index in [1.165, 1.54) is 14.0 Å². The summed E-state index contributed by atoms with van der Waals surface area (Å²) in [7, 11) is 1.33. The highest BCUT2D eigenvalue weighted by Gasteiger charge is 2.23. The SMILES string of the molecule is COC(=O)[C@H](Nc1ccc(C)c(NC(C)=O)c1)c1ccccc1Cl. The van der Waals surface area contributed by atoms with E-state index in [0.29, 0.717) is 22.0 Å². The molecule has 0 spiro atoms. The van der Waals surface area contributed by atoms with Gasteiger partial charge < -0.3 is 15.4 Å². The van der Waals surface area contributed by atoms with Crippen LogP contribution in [0.25, 0.3) is 0 Å². The topological polar surface area (TPSA) is 67.4 Å². The van der Waals surface area contributed by atoms with Crippen LogP contribution >= 0.6 is 11.6 Å². The van der Waals surface area contributed by atoms with E-state index >= 15 is 0 Å². The highest BCUT2D eigenvalue weighted by Crippen LogP contribution is 2.29. The second kappa shape index (κ2) is 7.84. The fourth-order valence-corrected chi connectivity index (χ4v) is 2.54. The summed E-state index contributed by atoms with van der Waals surface area (Å²) in [5.74, 6) is -0.615. The first-order chi connectivity index (χ1) is 11.4. The van der Waals surface area contributed by atoms with Crippen LogP contribution in [0.2, 0.25) is 5.02 Å². The van der Waals surface area contributed by atoms with Crippen molar-refractivity contribution in [1.82, 2.24) is 0 Å². The highest BCUT2D eigenvalue weighted by molar-refractivity contribution is 6.31. The lowest BCUT2D eigenvalue weighted by Gasteiger charge is -2.20. The molecule has 1 atom stereocenters. The molecule has 0 aliphatic heterocycles. The number of carbonyl (C=O) groups excluding carboxylic acids is 2. The third-order valence-corrected chi connectivity index (χ3v) is 3.86. The fourth-order valence-electron chi connectivity index (χ4n) is 2.29. The lowest BCUT2D eigenvalue weighted by molar-refractivity contribution is -0.141. The standard InChI is InChI=1S/C18H19ClN2O3/c1-11-8-9-13(10-16(11)20-12(2)22)21-17(18(23)24-3)14-6-4-5-7-15(14)19/h4-10,17,21H,1-3H3,(H,20,22)/t17-/m1/s1. The van der Waals surface area contributed by atoms with Crippen molar-refractivity contribution >= 4 is 34.9 Å². The molecule has 2 rings (SSSR count). The van der Waals surface area contributed by atoms with E-state index < -0.39 is 12.0 Å². The zero-order chi connectivity index (χ0) is 17.7. The monoisotopic (exact) mass is 346 g/mol. The zero-order valence-corrected chi connectivity index (χ0v) is 14.5. The van der Waals surface area contributed by atoms with Crippen molar-refractivity contribution in [2.75, 3.05) is 17.7 Å². The number of rotatable bonds is 5. The van der Waals surface area contributed by atoms with E-state index in [2.05, 4.69) is 10.6 Å². The predicted molar refractivity (Wildman–Crippen MR) is 95.3 cm³/mol. The average molecular weight is 347 g/mol. The van der Waals surface area contributed by atoms with Crippen LogP contribution < -0.4 is 10.6 Å². The maximum absolute atomic E-state index is 12.2. The van der Waals surface area contributed by atoms with Gasteiger partial charge in [-0.3, -0.25) is 4.79 Å². The van der Waals surface area contributed by atoms with E-state index in [1.807, 2.05) is 19.1 Å². The molecule has 2 aromatic rings. The van der Waals surface area contributed by atoms with Gasteiger partial charge >= 0.3 is 5.97 Å². The van der Waals surface area contributed by atoms with Gasteiger partial charge in [0.25, 0.3) is 0 Å². The third-order valence-electron chi connectivity index (χ3n) is 3.51. The van der Waals surface area contributed by atoms with Crippen LogP contribution in [0.5, 0.6) is 0 Å². The second-order valence-corrected chi connectivity index (χ2v) is 5.74. The summed E-state index contributed by atoms with van der Waals surface area (Å²) in [6.07, 6.45) is 0. The van der Waals surface area contributed by atoms with Gasteiger partial charge in [0.1, 0.15) is 0 Å². The molecule has 24 heavy (non-hydrogen) atoms. The van der Waals surface area contributed by atoms with Gasteiger partial charge in [-0.25, -0.2) is 4.79 Å². The summed E-state index contributed by atoms with van der Waals surface area (Å²) < 4.78 is 4.88. The summed E-state index contributed by atoms with van der Waals surface area (Å²) in [6.45, 7) is 3.33. The lowest BCUT2D eigenvalue weighted by Crippen LogP contribution is -2.22. The molecule has 0 aliphatic rings. The average Bonchev–Trinajstić information content (AvgIpc) is 2.55. The van der Waals surface area contributed by atoms with E-state index in [-0.39, 0.29) is 5.91 Å². The van der Waals surface area contributed by atoms with Crippen LogP contribution in [0.15, 0.2) is 42.5 Å². The Bertz CT molecular complexity index is 762. The molecule has 1 amide bonds. The quantitative estimate of drug-likeness (QED) is 0.805. The Morgan fingerprint density at radius 1 is 1.17 bits per heavy atom. The van der Waals surface area contributed by atoms with Gasteiger partial charge in [-0.1, -0.05) is 35.9 Å². The molecular formula is C18H19ClN2O3. The number of aryl methyl sites for hydroxylation is 1. The van der Waals surface area contributed by atoms with Crippen molar-refractivity contribution in [3.05, 3.63) is 58.6 Å². The van der Waals surface area contributed by atoms with Gasteiger partial charge in [0, 0.05) is 28.9 Å². The van der Waals surface area contributed by atoms with Crippen LogP contribution in [0.1, 0.15) is 24.1 Å². The van der Waals surface area contributed by atoms with Gasteiger partial charge in [-0.05, 0) is 30.7 Å². The summed E-state index contributed by atoms with van der Waals surface area (Å²) >= 11 is 6.21. The number of halogens is 1. The molecule has 0 saturated heterocycles. The minimum Gasteiger partial charge on any atom is -0.467 e. The van der Waals surface area contributed by atoms with Gasteiger partial charge in [0.05, 0.1) is 7.11 Å². The van der Waals surface area contributed by atoms with E-state index in [0.717, 1.165) is 5.56 Å². The van der Waals surface area contributed by atoms with Gasteiger partial charge in [-0.2, -0.15) is 0 Å². The molecule has 0 saturated carbocycles. The summed E-state index contributed by atoms with van der Waals surface area (Å²) in [4.78, 5) is 23.5. The summed E-state index contributed by atoms with van der Waals surface area (Å²) in [5, 5.41) is 6.34. The van der Waals surface area contributed by atoms with E-state index in [1.54, 1.807) is 30.3 Å². The molecule has 0 fully saturated rings. The van der Waals surface area contributed by atoms with Crippen LogP contribution in [0, 0.1) is 6.92 Å². The van der Waals surface area contributed by atoms with Crippen molar-refractivity contribution in [1.29, 1.82) is 0 Å². The predicted octanol–water partition coefficient (Wildman–Crippen LogP) is 3.93. The highest BCUT2D eigenvalue weighted by atomic mass is 35.5. The summed E-state index contributed by atoms with van der Waals surface area (Å²) in [6, 6.07) is 11.8. The molecule has 126 valence electrons. The van der Waals surface area contributed by atoms with Crippen molar-refractivity contribution < 1.29 is 14.3 Å². The number of hydrogen-bond donors (Lipinski definition) is 2. The number of nitrogens with one attached hydrogen (secondary N) is 2. The molecular weight excluding hydrogens is 328 g/mol. The van der Waals surface area contributed by atoms with Crippen molar-refractivity contribution in [3.8, 4) is 0 Å². The molecule has 0 unspecified atom stereocenters. The number of anilines is 2. The minimum atomic E-state index is -0.753. The lowest BCUT2D eigenvalue weighted by atomic mass is 10.1. The Morgan fingerprint density at radius 3 is 2.50 bits per heavy atom. The molecule has 6 heteroatoms. The first-order valence-electron chi connectivity index (χ1n) is 7.39. The van der Waals surface area contributed by atoms with E-state index in [4.69, 9.17) is 16.3 Å². The Labute approximate surface area is 146 Å². The molecule has 2 N–H and O–H groups in total. The molecule has 0 radical (unpaired) electrons. The van der Waals surface area contributed by atoms with Crippen LogP contribution in [-0.2, 0) is 14.3 Å². The Hall–Kier alpha value is -2.53. The third kappa shape index (κ3) is 4.26. The number of hydrogen-bond acceptors (Lipinski definition) is 4. The van der Waals surface area contributed by atoms with Crippen LogP contribution in [0.3, 0.4) is 0 Å². The number of amides is 1. The van der Waals surface area contributed by atoms with Crippen molar-refractivity contribution in [2.24, 2.45) is 0 Å². The molecule has 0 heterocycles. The first kappa shape index (κ1) is 17.8. The van der Waals surface area contributed by atoms with Crippen molar-refractivity contribution in [2.45, 2.75) is 19.9 Å². The number of benzene rings is 2. The maximum atomic E-state index is 12.2. The number of ether oxygens (including phenoxy) is 1. The van der Waals surface area contributed by atoms with Gasteiger partial charge in [0.2, 0.25) is 5.91 Å². The Kier molecular flexibility index (Phi) is 5.82. The molecule has 2 aromatic carbocycles. The first-order valence-corrected chi connectivity index (χ1v) is 7.77. The van der Waals surface area contributed by atoms with Crippen molar-refractivity contribution in [3.63, 3.8) is 0 Å². The molecule has 0 aliphatic carbocycles.